The molecule has 0 amide bonds. The van der Waals surface area contributed by atoms with E-state index in [1.54, 1.807) is 6.92 Å². The van der Waals surface area contributed by atoms with Crippen LogP contribution in [-0.2, 0) is 19.1 Å². The zero-order chi connectivity index (χ0) is 15.2. The average molecular weight is 288 g/mol. The monoisotopic (exact) mass is 288 g/mol. The molecule has 0 aromatic heterocycles. The molecular formula is C14H28N2O4. The second-order valence-corrected chi connectivity index (χ2v) is 4.67. The summed E-state index contributed by atoms with van der Waals surface area (Å²) in [6.45, 7) is 2.91. The molecule has 0 saturated heterocycles. The molecule has 0 aliphatic heterocycles. The fourth-order valence-electron chi connectivity index (χ4n) is 1.68. The summed E-state index contributed by atoms with van der Waals surface area (Å²) >= 11 is 0. The first-order valence-electron chi connectivity index (χ1n) is 7.39. The number of hydrogen-bond acceptors (Lipinski definition) is 6. The van der Waals surface area contributed by atoms with Crippen LogP contribution in [0.2, 0.25) is 0 Å². The molecule has 0 bridgehead atoms. The number of carbonyl (C=O) groups excluding carboxylic acids is 2. The van der Waals surface area contributed by atoms with Crippen LogP contribution in [-0.4, -0.2) is 37.7 Å². The number of esters is 2. The molecule has 6 heteroatoms. The fraction of sp³-hybridized carbons (Fsp3) is 0.857. The molecule has 0 aromatic carbocycles. The lowest BCUT2D eigenvalue weighted by molar-refractivity contribution is -0.148. The Morgan fingerprint density at radius 3 is 2.35 bits per heavy atom. The van der Waals surface area contributed by atoms with Crippen molar-refractivity contribution < 1.29 is 19.1 Å². The summed E-state index contributed by atoms with van der Waals surface area (Å²) in [6.07, 6.45) is 5.79. The third-order valence-electron chi connectivity index (χ3n) is 2.87. The predicted octanol–water partition coefficient (Wildman–Crippen LogP) is 1.11. The van der Waals surface area contributed by atoms with E-state index in [-0.39, 0.29) is 12.6 Å². The van der Waals surface area contributed by atoms with Crippen molar-refractivity contribution in [3.8, 4) is 0 Å². The van der Waals surface area contributed by atoms with Gasteiger partial charge in [0.05, 0.1) is 13.2 Å². The summed E-state index contributed by atoms with van der Waals surface area (Å²) in [4.78, 5) is 22.6. The van der Waals surface area contributed by atoms with Crippen molar-refractivity contribution in [2.75, 3.05) is 19.8 Å². The van der Waals surface area contributed by atoms with Crippen LogP contribution < -0.4 is 11.5 Å². The van der Waals surface area contributed by atoms with Gasteiger partial charge in [0.15, 0.2) is 0 Å². The van der Waals surface area contributed by atoms with Crippen LogP contribution >= 0.6 is 0 Å². The van der Waals surface area contributed by atoms with Gasteiger partial charge in [0.2, 0.25) is 0 Å². The van der Waals surface area contributed by atoms with Gasteiger partial charge in [-0.15, -0.1) is 0 Å². The lowest BCUT2D eigenvalue weighted by Gasteiger charge is -2.10. The molecule has 118 valence electrons. The van der Waals surface area contributed by atoms with Crippen LogP contribution in [0.5, 0.6) is 0 Å². The van der Waals surface area contributed by atoms with Gasteiger partial charge in [0.25, 0.3) is 0 Å². The van der Waals surface area contributed by atoms with Crippen LogP contribution in [0.25, 0.3) is 0 Å². The van der Waals surface area contributed by atoms with Crippen molar-refractivity contribution in [1.29, 1.82) is 0 Å². The molecule has 0 heterocycles. The first-order chi connectivity index (χ1) is 9.61. The Hall–Kier alpha value is -1.14. The SMILES string of the molecule is CCOC(=O)[C@@H](N)CCOC(=O)CCCCCCCN. The number of ether oxygens (including phenoxy) is 2. The van der Waals surface area contributed by atoms with Crippen molar-refractivity contribution in [3.05, 3.63) is 0 Å². The lowest BCUT2D eigenvalue weighted by Crippen LogP contribution is -2.33. The molecule has 0 aliphatic rings. The third-order valence-corrected chi connectivity index (χ3v) is 2.87. The molecular weight excluding hydrogens is 260 g/mol. The van der Waals surface area contributed by atoms with Gasteiger partial charge in [-0.1, -0.05) is 19.3 Å². The third kappa shape index (κ3) is 10.8. The van der Waals surface area contributed by atoms with Crippen molar-refractivity contribution in [2.24, 2.45) is 11.5 Å². The first-order valence-corrected chi connectivity index (χ1v) is 7.39. The summed E-state index contributed by atoms with van der Waals surface area (Å²) in [7, 11) is 0. The van der Waals surface area contributed by atoms with E-state index < -0.39 is 12.0 Å². The Kier molecular flexibility index (Phi) is 12.1. The van der Waals surface area contributed by atoms with Crippen LogP contribution in [0.3, 0.4) is 0 Å². The van der Waals surface area contributed by atoms with Gasteiger partial charge in [-0.25, -0.2) is 0 Å². The Morgan fingerprint density at radius 2 is 1.70 bits per heavy atom. The standard InChI is InChI=1S/C14H28N2O4/c1-2-19-14(18)12(16)9-11-20-13(17)8-6-4-3-5-7-10-15/h12H,2-11,15-16H2,1H3/t12-/m0/s1. The molecule has 20 heavy (non-hydrogen) atoms. The maximum atomic E-state index is 11.4. The van der Waals surface area contributed by atoms with Gasteiger partial charge in [-0.05, 0) is 26.3 Å². The number of carbonyl (C=O) groups is 2. The van der Waals surface area contributed by atoms with E-state index in [1.165, 1.54) is 0 Å². The Bertz CT molecular complexity index is 272. The van der Waals surface area contributed by atoms with Crippen molar-refractivity contribution in [2.45, 2.75) is 57.9 Å². The van der Waals surface area contributed by atoms with E-state index in [0.29, 0.717) is 19.4 Å². The molecule has 0 saturated carbocycles. The number of nitrogens with two attached hydrogens (primary N) is 2. The minimum Gasteiger partial charge on any atom is -0.466 e. The van der Waals surface area contributed by atoms with E-state index in [0.717, 1.165) is 38.6 Å². The summed E-state index contributed by atoms with van der Waals surface area (Å²) in [5, 5.41) is 0. The topological polar surface area (TPSA) is 105 Å². The van der Waals surface area contributed by atoms with Crippen molar-refractivity contribution in [1.82, 2.24) is 0 Å². The van der Waals surface area contributed by atoms with E-state index in [2.05, 4.69) is 0 Å². The highest BCUT2D eigenvalue weighted by molar-refractivity contribution is 5.75. The normalized spacial score (nSPS) is 11.9. The second-order valence-electron chi connectivity index (χ2n) is 4.67. The highest BCUT2D eigenvalue weighted by Crippen LogP contribution is 2.06. The highest BCUT2D eigenvalue weighted by atomic mass is 16.5. The van der Waals surface area contributed by atoms with Gasteiger partial charge < -0.3 is 20.9 Å². The van der Waals surface area contributed by atoms with Crippen LogP contribution in [0.15, 0.2) is 0 Å². The molecule has 0 unspecified atom stereocenters. The average Bonchev–Trinajstić information content (AvgIpc) is 2.42. The number of hydrogen-bond donors (Lipinski definition) is 2. The Labute approximate surface area is 121 Å². The maximum Gasteiger partial charge on any atom is 0.323 e. The largest absolute Gasteiger partial charge is 0.466 e. The van der Waals surface area contributed by atoms with Crippen LogP contribution in [0.4, 0.5) is 0 Å². The molecule has 0 spiro atoms. The number of unbranched alkanes of at least 4 members (excludes halogenated alkanes) is 4. The van der Waals surface area contributed by atoms with E-state index in [9.17, 15) is 9.59 Å². The lowest BCUT2D eigenvalue weighted by atomic mass is 10.1. The minimum atomic E-state index is -0.723. The molecule has 0 aliphatic carbocycles. The molecule has 0 radical (unpaired) electrons. The van der Waals surface area contributed by atoms with Crippen LogP contribution in [0.1, 0.15) is 51.9 Å². The van der Waals surface area contributed by atoms with Crippen molar-refractivity contribution in [3.63, 3.8) is 0 Å². The maximum absolute atomic E-state index is 11.4. The molecule has 6 nitrogen and oxygen atoms in total. The zero-order valence-corrected chi connectivity index (χ0v) is 12.4. The van der Waals surface area contributed by atoms with Crippen molar-refractivity contribution >= 4 is 11.9 Å². The fourth-order valence-corrected chi connectivity index (χ4v) is 1.68. The highest BCUT2D eigenvalue weighted by Gasteiger charge is 2.14. The zero-order valence-electron chi connectivity index (χ0n) is 12.4. The number of rotatable bonds is 12. The van der Waals surface area contributed by atoms with Gasteiger partial charge in [0, 0.05) is 12.8 Å². The van der Waals surface area contributed by atoms with Gasteiger partial charge >= 0.3 is 11.9 Å². The quantitative estimate of drug-likeness (QED) is 0.412. The summed E-state index contributed by atoms with van der Waals surface area (Å²) in [6, 6.07) is -0.723. The van der Waals surface area contributed by atoms with Gasteiger partial charge in [0.1, 0.15) is 6.04 Å². The molecule has 0 rings (SSSR count). The Morgan fingerprint density at radius 1 is 1.05 bits per heavy atom. The second kappa shape index (κ2) is 12.9. The smallest absolute Gasteiger partial charge is 0.323 e. The summed E-state index contributed by atoms with van der Waals surface area (Å²) in [5.74, 6) is -0.691. The molecule has 0 aromatic rings. The predicted molar refractivity (Wildman–Crippen MR) is 76.9 cm³/mol. The van der Waals surface area contributed by atoms with Gasteiger partial charge in [-0.3, -0.25) is 9.59 Å². The van der Waals surface area contributed by atoms with Gasteiger partial charge in [-0.2, -0.15) is 0 Å². The van der Waals surface area contributed by atoms with E-state index >= 15 is 0 Å². The summed E-state index contributed by atoms with van der Waals surface area (Å²) in [5.41, 5.74) is 11.0. The minimum absolute atomic E-state index is 0.159. The molecule has 1 atom stereocenters. The Balaban J connectivity index is 3.46. The van der Waals surface area contributed by atoms with E-state index in [1.807, 2.05) is 0 Å². The molecule has 4 N–H and O–H groups in total. The van der Waals surface area contributed by atoms with Crippen LogP contribution in [0, 0.1) is 0 Å². The molecule has 0 fully saturated rings. The van der Waals surface area contributed by atoms with E-state index in [4.69, 9.17) is 20.9 Å². The first kappa shape index (κ1) is 18.9. The summed E-state index contributed by atoms with van der Waals surface area (Å²) < 4.78 is 9.78.